The second kappa shape index (κ2) is 8.63. The number of ether oxygens (including phenoxy) is 3. The van der Waals surface area contributed by atoms with E-state index >= 15 is 0 Å². The number of nitrogens with zero attached hydrogens (tertiary/aromatic N) is 1. The Bertz CT molecular complexity index is 837. The minimum absolute atomic E-state index is 0.181. The van der Waals surface area contributed by atoms with Gasteiger partial charge in [-0.1, -0.05) is 18.2 Å². The number of anilines is 1. The normalized spacial score (nSPS) is 17.9. The Balaban J connectivity index is 1.24. The standard InChI is InChI=1S/C22H24N2O5/c25-20(16-21(26)24-12-10-22(11-13-24)27-14-15-28-22)23-17-6-8-19(9-7-17)29-18-4-2-1-3-5-18/h1-9H,10-16H2,(H,23,25). The number of nitrogens with one attached hydrogen (secondary N) is 1. The molecule has 0 unspecified atom stereocenters. The second-order valence-electron chi connectivity index (χ2n) is 7.15. The Morgan fingerprint density at radius 2 is 1.55 bits per heavy atom. The molecule has 0 aromatic heterocycles. The number of piperidine rings is 1. The van der Waals surface area contributed by atoms with Crippen molar-refractivity contribution in [2.75, 3.05) is 31.6 Å². The zero-order valence-electron chi connectivity index (χ0n) is 16.1. The van der Waals surface area contributed by atoms with E-state index in [1.807, 2.05) is 30.3 Å². The van der Waals surface area contributed by atoms with E-state index in [9.17, 15) is 9.59 Å². The summed E-state index contributed by atoms with van der Waals surface area (Å²) in [6, 6.07) is 16.5. The lowest BCUT2D eigenvalue weighted by Gasteiger charge is -2.37. The summed E-state index contributed by atoms with van der Waals surface area (Å²) in [7, 11) is 0. The van der Waals surface area contributed by atoms with Gasteiger partial charge in [0.2, 0.25) is 11.8 Å². The van der Waals surface area contributed by atoms with Crippen LogP contribution in [0.25, 0.3) is 0 Å². The molecule has 2 aliphatic heterocycles. The third-order valence-electron chi connectivity index (χ3n) is 5.12. The minimum Gasteiger partial charge on any atom is -0.457 e. The zero-order valence-corrected chi connectivity index (χ0v) is 16.1. The molecule has 0 saturated carbocycles. The highest BCUT2D eigenvalue weighted by molar-refractivity contribution is 6.03. The van der Waals surface area contributed by atoms with E-state index in [2.05, 4.69) is 5.32 Å². The lowest BCUT2D eigenvalue weighted by Crippen LogP contribution is -2.47. The van der Waals surface area contributed by atoms with Crippen LogP contribution in [0.5, 0.6) is 11.5 Å². The lowest BCUT2D eigenvalue weighted by molar-refractivity contribution is -0.187. The van der Waals surface area contributed by atoms with Crippen LogP contribution in [0.15, 0.2) is 54.6 Å². The molecule has 2 aliphatic rings. The molecular formula is C22H24N2O5. The minimum atomic E-state index is -0.525. The van der Waals surface area contributed by atoms with E-state index in [1.165, 1.54) is 0 Å². The van der Waals surface area contributed by atoms with Gasteiger partial charge in [-0.05, 0) is 36.4 Å². The smallest absolute Gasteiger partial charge is 0.233 e. The number of benzene rings is 2. The average molecular weight is 396 g/mol. The molecule has 0 aliphatic carbocycles. The summed E-state index contributed by atoms with van der Waals surface area (Å²) in [4.78, 5) is 26.4. The maximum absolute atomic E-state index is 12.4. The van der Waals surface area contributed by atoms with Gasteiger partial charge in [0, 0.05) is 31.6 Å². The topological polar surface area (TPSA) is 77.1 Å². The van der Waals surface area contributed by atoms with Gasteiger partial charge in [0.1, 0.15) is 17.9 Å². The van der Waals surface area contributed by atoms with Gasteiger partial charge in [0.05, 0.1) is 13.2 Å². The highest BCUT2D eigenvalue weighted by Crippen LogP contribution is 2.31. The monoisotopic (exact) mass is 396 g/mol. The molecule has 7 heteroatoms. The van der Waals surface area contributed by atoms with Crippen molar-refractivity contribution >= 4 is 17.5 Å². The van der Waals surface area contributed by atoms with Gasteiger partial charge in [-0.3, -0.25) is 9.59 Å². The van der Waals surface area contributed by atoms with Crippen LogP contribution in [0.4, 0.5) is 5.69 Å². The van der Waals surface area contributed by atoms with Crippen LogP contribution in [0, 0.1) is 0 Å². The van der Waals surface area contributed by atoms with Crippen molar-refractivity contribution < 1.29 is 23.8 Å². The molecule has 29 heavy (non-hydrogen) atoms. The van der Waals surface area contributed by atoms with Gasteiger partial charge in [-0.25, -0.2) is 0 Å². The van der Waals surface area contributed by atoms with Crippen molar-refractivity contribution in [1.29, 1.82) is 0 Å². The van der Waals surface area contributed by atoms with E-state index in [1.54, 1.807) is 29.2 Å². The van der Waals surface area contributed by atoms with Gasteiger partial charge in [0.15, 0.2) is 5.79 Å². The third-order valence-corrected chi connectivity index (χ3v) is 5.12. The molecule has 1 spiro atoms. The van der Waals surface area contributed by atoms with Crippen molar-refractivity contribution in [3.8, 4) is 11.5 Å². The number of para-hydroxylation sites is 1. The highest BCUT2D eigenvalue weighted by Gasteiger charge is 2.40. The van der Waals surface area contributed by atoms with Crippen LogP contribution in [-0.2, 0) is 19.1 Å². The summed E-state index contributed by atoms with van der Waals surface area (Å²) in [6.45, 7) is 2.28. The fourth-order valence-corrected chi connectivity index (χ4v) is 3.57. The molecule has 2 amide bonds. The molecule has 2 saturated heterocycles. The van der Waals surface area contributed by atoms with Gasteiger partial charge in [-0.15, -0.1) is 0 Å². The predicted molar refractivity (Wildman–Crippen MR) is 107 cm³/mol. The van der Waals surface area contributed by atoms with E-state index in [4.69, 9.17) is 14.2 Å². The van der Waals surface area contributed by atoms with Crippen LogP contribution < -0.4 is 10.1 Å². The Hall–Kier alpha value is -2.90. The van der Waals surface area contributed by atoms with Crippen molar-refractivity contribution in [2.45, 2.75) is 25.0 Å². The molecular weight excluding hydrogens is 372 g/mol. The first kappa shape index (κ1) is 19.4. The van der Waals surface area contributed by atoms with Crippen molar-refractivity contribution in [1.82, 2.24) is 4.90 Å². The highest BCUT2D eigenvalue weighted by atomic mass is 16.7. The molecule has 2 heterocycles. The molecule has 4 rings (SSSR count). The van der Waals surface area contributed by atoms with Crippen LogP contribution in [0.3, 0.4) is 0 Å². The summed E-state index contributed by atoms with van der Waals surface area (Å²) < 4.78 is 17.1. The molecule has 0 atom stereocenters. The first-order valence-corrected chi connectivity index (χ1v) is 9.80. The summed E-state index contributed by atoms with van der Waals surface area (Å²) in [5.74, 6) is 0.373. The first-order valence-electron chi connectivity index (χ1n) is 9.80. The fraction of sp³-hybridized carbons (Fsp3) is 0.364. The number of rotatable bonds is 5. The largest absolute Gasteiger partial charge is 0.457 e. The number of amides is 2. The Morgan fingerprint density at radius 1 is 0.931 bits per heavy atom. The molecule has 0 bridgehead atoms. The third kappa shape index (κ3) is 4.93. The van der Waals surface area contributed by atoms with Crippen LogP contribution >= 0.6 is 0 Å². The van der Waals surface area contributed by atoms with Crippen LogP contribution in [-0.4, -0.2) is 48.8 Å². The van der Waals surface area contributed by atoms with Gasteiger partial charge in [-0.2, -0.15) is 0 Å². The summed E-state index contributed by atoms with van der Waals surface area (Å²) in [5.41, 5.74) is 0.619. The van der Waals surface area contributed by atoms with Crippen molar-refractivity contribution in [2.24, 2.45) is 0 Å². The van der Waals surface area contributed by atoms with Gasteiger partial charge >= 0.3 is 0 Å². The Morgan fingerprint density at radius 3 is 2.21 bits per heavy atom. The summed E-state index contributed by atoms with van der Waals surface area (Å²) >= 11 is 0. The Kier molecular flexibility index (Phi) is 5.78. The first-order chi connectivity index (χ1) is 14.1. The number of carbonyl (C=O) groups excluding carboxylic acids is 2. The molecule has 2 fully saturated rings. The lowest BCUT2D eigenvalue weighted by atomic mass is 10.0. The van der Waals surface area contributed by atoms with E-state index in [-0.39, 0.29) is 18.2 Å². The predicted octanol–water partition coefficient (Wildman–Crippen LogP) is 3.17. The zero-order chi connectivity index (χ0) is 20.1. The molecule has 152 valence electrons. The van der Waals surface area contributed by atoms with Crippen LogP contribution in [0.2, 0.25) is 0 Å². The fourth-order valence-electron chi connectivity index (χ4n) is 3.57. The number of carbonyl (C=O) groups is 2. The number of hydrogen-bond acceptors (Lipinski definition) is 5. The average Bonchev–Trinajstić information content (AvgIpc) is 3.18. The molecule has 1 N–H and O–H groups in total. The molecule has 7 nitrogen and oxygen atoms in total. The van der Waals surface area contributed by atoms with Crippen LogP contribution in [0.1, 0.15) is 19.3 Å². The maximum Gasteiger partial charge on any atom is 0.233 e. The maximum atomic E-state index is 12.4. The summed E-state index contributed by atoms with van der Waals surface area (Å²) in [5, 5.41) is 2.76. The second-order valence-corrected chi connectivity index (χ2v) is 7.15. The molecule has 2 aromatic rings. The van der Waals surface area contributed by atoms with E-state index < -0.39 is 5.79 Å². The number of hydrogen-bond donors (Lipinski definition) is 1. The molecule has 0 radical (unpaired) electrons. The van der Waals surface area contributed by atoms with Gasteiger partial charge < -0.3 is 24.4 Å². The van der Waals surface area contributed by atoms with E-state index in [0.29, 0.717) is 50.6 Å². The van der Waals surface area contributed by atoms with Crippen molar-refractivity contribution in [3.05, 3.63) is 54.6 Å². The van der Waals surface area contributed by atoms with E-state index in [0.717, 1.165) is 5.75 Å². The quantitative estimate of drug-likeness (QED) is 0.786. The Labute approximate surface area is 169 Å². The van der Waals surface area contributed by atoms with Crippen molar-refractivity contribution in [3.63, 3.8) is 0 Å². The number of likely N-dealkylation sites (tertiary alicyclic amines) is 1. The SMILES string of the molecule is O=C(CC(=O)N1CCC2(CC1)OCCO2)Nc1ccc(Oc2ccccc2)cc1. The summed E-state index contributed by atoms with van der Waals surface area (Å²) in [6.07, 6.45) is 1.10. The van der Waals surface area contributed by atoms with Gasteiger partial charge in [0.25, 0.3) is 0 Å². The molecule has 2 aromatic carbocycles.